The number of benzene rings is 4. The van der Waals surface area contributed by atoms with Crippen LogP contribution in [0.25, 0.3) is 0 Å². The third kappa shape index (κ3) is 13.2. The van der Waals surface area contributed by atoms with Gasteiger partial charge in [0.05, 0.1) is 61.2 Å². The number of carbonyl (C=O) groups excluding carboxylic acids is 7. The molecule has 0 unspecified atom stereocenters. The van der Waals surface area contributed by atoms with E-state index >= 15 is 0 Å². The highest BCUT2D eigenvalue weighted by Crippen LogP contribution is 2.39. The van der Waals surface area contributed by atoms with Gasteiger partial charge in [0.2, 0.25) is 23.6 Å². The Morgan fingerprint density at radius 3 is 1.50 bits per heavy atom. The van der Waals surface area contributed by atoms with Crippen molar-refractivity contribution in [1.82, 2.24) is 24.9 Å². The Hall–Kier alpha value is -8.37. The Kier molecular flexibility index (Phi) is 16.6. The highest BCUT2D eigenvalue weighted by Gasteiger charge is 2.62. The van der Waals surface area contributed by atoms with Crippen molar-refractivity contribution in [2.24, 2.45) is 5.73 Å². The second-order valence-corrected chi connectivity index (χ2v) is 20.4. The van der Waals surface area contributed by atoms with E-state index in [0.717, 1.165) is 53.4 Å². The summed E-state index contributed by atoms with van der Waals surface area (Å²) in [6.07, 6.45) is -10.3. The van der Waals surface area contributed by atoms with Gasteiger partial charge in [-0.3, -0.25) is 28.9 Å². The SMILES string of the molecule is CC(C)(C)OC(=O)N1CC2(C1)C(=O)N(c1ccc(C(N)=O)cc1F)CC(=O)N2Cc1ccc(C(F)(F)F)cc1.CC(C)(C)OC(=O)N1CC2(C1)C(=O)NCC(=O)N2Cc1ccc(C(F)(F)F)cc1.N#Cc1ccc(F)c(F)c1. The lowest BCUT2D eigenvalue weighted by molar-refractivity contribution is -0.166. The maximum atomic E-state index is 14.9. The maximum absolute atomic E-state index is 14.9. The second-order valence-electron chi connectivity index (χ2n) is 20.4. The summed E-state index contributed by atoms with van der Waals surface area (Å²) in [6.45, 7) is 8.47. The van der Waals surface area contributed by atoms with Crippen molar-refractivity contribution in [1.29, 1.82) is 5.26 Å². The Morgan fingerprint density at radius 2 is 1.09 bits per heavy atom. The summed E-state index contributed by atoms with van der Waals surface area (Å²) in [4.78, 5) is 94.5. The van der Waals surface area contributed by atoms with E-state index < -0.39 is 106 Å². The summed E-state index contributed by atoms with van der Waals surface area (Å²) in [7, 11) is 0. The van der Waals surface area contributed by atoms with E-state index in [-0.39, 0.29) is 68.5 Å². The number of carbonyl (C=O) groups is 7. The van der Waals surface area contributed by atoms with Gasteiger partial charge >= 0.3 is 24.5 Å². The molecular weight excluding hydrogens is 1050 g/mol. The van der Waals surface area contributed by atoms with Crippen LogP contribution in [0.5, 0.6) is 0 Å². The lowest BCUT2D eigenvalue weighted by atomic mass is 9.83. The molecule has 78 heavy (non-hydrogen) atoms. The predicted molar refractivity (Wildman–Crippen MR) is 256 cm³/mol. The van der Waals surface area contributed by atoms with Crippen LogP contribution in [0, 0.1) is 28.8 Å². The van der Waals surface area contributed by atoms with E-state index in [0.29, 0.717) is 11.1 Å². The van der Waals surface area contributed by atoms with Gasteiger partial charge in [-0.25, -0.2) is 22.8 Å². The minimum absolute atomic E-state index is 0.0352. The number of nitrogens with one attached hydrogen (secondary N) is 1. The fourth-order valence-corrected chi connectivity index (χ4v) is 8.46. The van der Waals surface area contributed by atoms with E-state index in [2.05, 4.69) is 5.32 Å². The molecule has 3 N–H and O–H groups in total. The molecule has 4 aromatic carbocycles. The topological polar surface area (TPSA) is 216 Å². The summed E-state index contributed by atoms with van der Waals surface area (Å²) in [5.41, 5.74) is -0.381. The second kappa shape index (κ2) is 21.9. The molecule has 4 aromatic rings. The number of hydrogen-bond donors (Lipinski definition) is 2. The molecular formula is C52H51F9N8O9. The number of primary amides is 1. The molecule has 0 aliphatic carbocycles. The van der Waals surface area contributed by atoms with Gasteiger partial charge in [0, 0.05) is 18.7 Å². The monoisotopic (exact) mass is 1100 g/mol. The van der Waals surface area contributed by atoms with Crippen LogP contribution in [0.15, 0.2) is 84.9 Å². The van der Waals surface area contributed by atoms with Crippen LogP contribution in [0.4, 0.5) is 54.8 Å². The number of hydrogen-bond acceptors (Lipinski definition) is 10. The van der Waals surface area contributed by atoms with Crippen LogP contribution in [0.1, 0.15) is 79.7 Å². The highest BCUT2D eigenvalue weighted by atomic mass is 19.4. The van der Waals surface area contributed by atoms with Gasteiger partial charge in [-0.05, 0) is 113 Å². The summed E-state index contributed by atoms with van der Waals surface area (Å²) in [5, 5.41) is 10.7. The number of nitrogens with zero attached hydrogens (tertiary/aromatic N) is 6. The van der Waals surface area contributed by atoms with Gasteiger partial charge in [-0.2, -0.15) is 31.6 Å². The summed E-state index contributed by atoms with van der Waals surface area (Å²) in [5.74, 6) is -5.83. The standard InChI is InChI=1S/C26H26F4N4O5.C19H22F3N3O4.C7H3F2N/c1-24(2,3)39-23(38)32-13-25(14-32)22(37)33(19-9-6-16(21(31)36)10-18(19)27)12-20(35)34(25)11-15-4-7-17(8-5-15)26(28,29)30;1-17(2,3)29-16(28)24-10-18(11-24)15(27)23-8-14(26)25(18)9-12-4-6-13(7-5-12)19(20,21)22;8-6-2-1-5(4-10)3-7(6)9/h4-10H,11-14H2,1-3H3,(H2,31,36);4-7H,8-11H2,1-3H3,(H,23,27);1-3H. The quantitative estimate of drug-likeness (QED) is 0.184. The fourth-order valence-electron chi connectivity index (χ4n) is 8.46. The third-order valence-electron chi connectivity index (χ3n) is 12.3. The smallest absolute Gasteiger partial charge is 0.416 e. The van der Waals surface area contributed by atoms with Crippen LogP contribution in [-0.2, 0) is 54.1 Å². The molecule has 4 saturated heterocycles. The van der Waals surface area contributed by atoms with Crippen molar-refractivity contribution in [3.05, 3.63) is 136 Å². The number of piperazine rings is 2. The zero-order valence-corrected chi connectivity index (χ0v) is 42.6. The van der Waals surface area contributed by atoms with Crippen LogP contribution < -0.4 is 16.0 Å². The number of nitrogens with two attached hydrogens (primary N) is 1. The number of rotatable bonds is 6. The first-order valence-electron chi connectivity index (χ1n) is 23.5. The molecule has 4 aliphatic heterocycles. The number of halogens is 9. The molecule has 4 fully saturated rings. The Labute approximate surface area is 440 Å². The molecule has 0 atom stereocenters. The van der Waals surface area contributed by atoms with E-state index in [9.17, 15) is 73.1 Å². The first-order chi connectivity index (χ1) is 36.1. The van der Waals surface area contributed by atoms with Gasteiger partial charge < -0.3 is 40.1 Å². The van der Waals surface area contributed by atoms with Crippen LogP contribution in [0.3, 0.4) is 0 Å². The van der Waals surface area contributed by atoms with E-state index in [1.54, 1.807) is 47.6 Å². The lowest BCUT2D eigenvalue weighted by Gasteiger charge is -2.57. The van der Waals surface area contributed by atoms with Crippen LogP contribution in [0.2, 0.25) is 0 Å². The Bertz CT molecular complexity index is 3030. The number of amides is 7. The molecule has 0 saturated carbocycles. The zero-order valence-electron chi connectivity index (χ0n) is 42.6. The first-order valence-corrected chi connectivity index (χ1v) is 23.5. The Morgan fingerprint density at radius 1 is 0.628 bits per heavy atom. The van der Waals surface area contributed by atoms with Crippen molar-refractivity contribution in [3.63, 3.8) is 0 Å². The molecule has 0 radical (unpaired) electrons. The zero-order chi connectivity index (χ0) is 58.1. The largest absolute Gasteiger partial charge is 0.444 e. The molecule has 4 heterocycles. The average Bonchev–Trinajstić information content (AvgIpc) is 3.34. The Balaban J connectivity index is 0.000000220. The van der Waals surface area contributed by atoms with Crippen molar-refractivity contribution >= 4 is 47.4 Å². The van der Waals surface area contributed by atoms with Crippen LogP contribution >= 0.6 is 0 Å². The highest BCUT2D eigenvalue weighted by molar-refractivity contribution is 6.11. The van der Waals surface area contributed by atoms with Gasteiger partial charge in [-0.1, -0.05) is 24.3 Å². The lowest BCUT2D eigenvalue weighted by Crippen LogP contribution is -2.81. The molecule has 8 rings (SSSR count). The maximum Gasteiger partial charge on any atom is 0.416 e. The minimum Gasteiger partial charge on any atom is -0.444 e. The predicted octanol–water partition coefficient (Wildman–Crippen LogP) is 7.30. The first kappa shape index (κ1) is 58.9. The number of nitriles is 1. The average molecular weight is 1100 g/mol. The molecule has 0 aromatic heterocycles. The summed E-state index contributed by atoms with van der Waals surface area (Å²) >= 11 is 0. The third-order valence-corrected chi connectivity index (χ3v) is 12.3. The summed E-state index contributed by atoms with van der Waals surface area (Å²) < 4.78 is 127. The molecule has 4 aliphatic rings. The minimum atomic E-state index is -4.55. The number of alkyl halides is 6. The van der Waals surface area contributed by atoms with Crippen molar-refractivity contribution < 1.29 is 82.5 Å². The van der Waals surface area contributed by atoms with Gasteiger partial charge in [-0.15, -0.1) is 0 Å². The van der Waals surface area contributed by atoms with E-state index in [4.69, 9.17) is 20.5 Å². The van der Waals surface area contributed by atoms with Gasteiger partial charge in [0.25, 0.3) is 5.91 Å². The molecule has 416 valence electrons. The van der Waals surface area contributed by atoms with Crippen molar-refractivity contribution in [2.75, 3.05) is 44.2 Å². The molecule has 0 bridgehead atoms. The van der Waals surface area contributed by atoms with E-state index in [1.807, 2.05) is 0 Å². The van der Waals surface area contributed by atoms with E-state index in [1.165, 1.54) is 56.0 Å². The summed E-state index contributed by atoms with van der Waals surface area (Å²) in [6, 6.07) is 16.5. The van der Waals surface area contributed by atoms with Crippen LogP contribution in [-0.4, -0.2) is 123 Å². The van der Waals surface area contributed by atoms with Crippen molar-refractivity contribution in [2.45, 2.75) is 89.3 Å². The number of anilines is 1. The number of likely N-dealkylation sites (tertiary alicyclic amines) is 2. The number of ether oxygens (including phenoxy) is 2. The molecule has 26 heteroatoms. The molecule has 17 nitrogen and oxygen atoms in total. The fraction of sp³-hybridized carbons (Fsp3) is 0.385. The molecule has 7 amide bonds. The van der Waals surface area contributed by atoms with Crippen molar-refractivity contribution in [3.8, 4) is 6.07 Å². The van der Waals surface area contributed by atoms with Gasteiger partial charge in [0.1, 0.15) is 23.6 Å². The normalized spacial score (nSPS) is 16.9. The molecule has 2 spiro atoms. The van der Waals surface area contributed by atoms with Gasteiger partial charge in [0.15, 0.2) is 22.7 Å².